The number of nitrogens with zero attached hydrogens (tertiary/aromatic N) is 3. The summed E-state index contributed by atoms with van der Waals surface area (Å²) < 4.78 is 12.0. The Hall–Kier alpha value is -4.54. The average Bonchev–Trinajstić information content (AvgIpc) is 3.31. The Balaban J connectivity index is 1.59. The second kappa shape index (κ2) is 10.6. The standard InChI is InChI=1S/C26H25N3O8/c1-2-3-12-36-16-8-9-17-19(15-37-22(17)13-16)21(30)14-26(24(32)33,25(34)35)10-11-29-23(31)18-6-4-5-7-20(18)27-28-29/h4-9,13,15H,2-3,10-12,14H2,1H3,(H,32,33)(H,34,35). The summed E-state index contributed by atoms with van der Waals surface area (Å²) in [6.07, 6.45) is 1.61. The molecule has 0 aliphatic carbocycles. The summed E-state index contributed by atoms with van der Waals surface area (Å²) in [5.41, 5.74) is -2.28. The summed E-state index contributed by atoms with van der Waals surface area (Å²) in [5, 5.41) is 28.2. The number of unbranched alkanes of at least 4 members (excludes halogenated alkanes) is 1. The summed E-state index contributed by atoms with van der Waals surface area (Å²) >= 11 is 0. The highest BCUT2D eigenvalue weighted by atomic mass is 16.5. The van der Waals surface area contributed by atoms with E-state index in [1.807, 2.05) is 6.92 Å². The molecule has 4 rings (SSSR count). The Morgan fingerprint density at radius 1 is 1.08 bits per heavy atom. The molecule has 2 aromatic carbocycles. The van der Waals surface area contributed by atoms with Gasteiger partial charge in [-0.2, -0.15) is 0 Å². The fraction of sp³-hybridized carbons (Fsp3) is 0.308. The van der Waals surface area contributed by atoms with Crippen LogP contribution in [-0.2, 0) is 16.1 Å². The SMILES string of the molecule is CCCCOc1ccc2c(C(=O)CC(CCn3nnc4ccccc4c3=O)(C(=O)O)C(=O)O)coc2c1. The lowest BCUT2D eigenvalue weighted by Gasteiger charge is -2.24. The van der Waals surface area contributed by atoms with Crippen LogP contribution in [0.25, 0.3) is 21.9 Å². The maximum absolute atomic E-state index is 13.2. The van der Waals surface area contributed by atoms with Crippen molar-refractivity contribution in [3.8, 4) is 5.75 Å². The first-order chi connectivity index (χ1) is 17.8. The van der Waals surface area contributed by atoms with E-state index in [0.29, 0.717) is 28.8 Å². The van der Waals surface area contributed by atoms with Crippen molar-refractivity contribution in [1.29, 1.82) is 0 Å². The number of ketones is 1. The fourth-order valence-electron chi connectivity index (χ4n) is 4.03. The molecule has 2 aromatic heterocycles. The quantitative estimate of drug-likeness (QED) is 0.165. The number of carboxylic acids is 2. The lowest BCUT2D eigenvalue weighted by Crippen LogP contribution is -2.43. The summed E-state index contributed by atoms with van der Waals surface area (Å²) in [5.74, 6) is -3.56. The van der Waals surface area contributed by atoms with Crippen molar-refractivity contribution in [1.82, 2.24) is 15.0 Å². The molecule has 0 aliphatic rings. The second-order valence-corrected chi connectivity index (χ2v) is 8.69. The first kappa shape index (κ1) is 25.5. The van der Waals surface area contributed by atoms with Crippen LogP contribution in [0.15, 0.2) is 57.9 Å². The second-order valence-electron chi connectivity index (χ2n) is 8.69. The Kier molecular flexibility index (Phi) is 7.32. The monoisotopic (exact) mass is 507 g/mol. The molecule has 11 nitrogen and oxygen atoms in total. The van der Waals surface area contributed by atoms with Crippen LogP contribution in [-0.4, -0.2) is 49.5 Å². The molecule has 0 saturated heterocycles. The number of Topliss-reactive ketones (excluding diaryl/α,β-unsaturated/α-hetero) is 1. The summed E-state index contributed by atoms with van der Waals surface area (Å²) in [4.78, 5) is 50.4. The molecule has 192 valence electrons. The molecule has 0 amide bonds. The zero-order chi connectivity index (χ0) is 26.6. The Morgan fingerprint density at radius 2 is 1.84 bits per heavy atom. The van der Waals surface area contributed by atoms with E-state index < -0.39 is 41.5 Å². The molecule has 0 bridgehead atoms. The number of rotatable bonds is 12. The molecule has 11 heteroatoms. The van der Waals surface area contributed by atoms with Crippen molar-refractivity contribution in [3.05, 3.63) is 64.6 Å². The number of aliphatic carboxylic acids is 2. The number of aromatic nitrogens is 3. The van der Waals surface area contributed by atoms with Crippen molar-refractivity contribution >= 4 is 39.6 Å². The molecule has 4 aromatic rings. The molecular weight excluding hydrogens is 482 g/mol. The van der Waals surface area contributed by atoms with Crippen molar-refractivity contribution in [2.24, 2.45) is 5.41 Å². The Bertz CT molecular complexity index is 1520. The number of furan rings is 1. The highest BCUT2D eigenvalue weighted by Crippen LogP contribution is 2.33. The van der Waals surface area contributed by atoms with Crippen molar-refractivity contribution in [2.75, 3.05) is 6.61 Å². The van der Waals surface area contributed by atoms with E-state index in [0.717, 1.165) is 17.5 Å². The number of fused-ring (bicyclic) bond motifs is 2. The predicted octanol–water partition coefficient (Wildman–Crippen LogP) is 3.54. The largest absolute Gasteiger partial charge is 0.493 e. The lowest BCUT2D eigenvalue weighted by atomic mass is 9.78. The number of ether oxygens (including phenoxy) is 1. The van der Waals surface area contributed by atoms with Crippen LogP contribution in [0.4, 0.5) is 0 Å². The van der Waals surface area contributed by atoms with Gasteiger partial charge >= 0.3 is 11.9 Å². The Labute approximate surface area is 210 Å². The molecule has 0 spiro atoms. The van der Waals surface area contributed by atoms with Gasteiger partial charge in [-0.1, -0.05) is 30.7 Å². The predicted molar refractivity (Wildman–Crippen MR) is 132 cm³/mol. The summed E-state index contributed by atoms with van der Waals surface area (Å²) in [7, 11) is 0. The highest BCUT2D eigenvalue weighted by molar-refractivity contribution is 6.11. The third-order valence-corrected chi connectivity index (χ3v) is 6.27. The number of aryl methyl sites for hydroxylation is 1. The summed E-state index contributed by atoms with van der Waals surface area (Å²) in [6.45, 7) is 2.20. The molecule has 0 aliphatic heterocycles. The maximum Gasteiger partial charge on any atom is 0.321 e. The minimum atomic E-state index is -2.50. The van der Waals surface area contributed by atoms with Crippen molar-refractivity contribution in [3.63, 3.8) is 0 Å². The van der Waals surface area contributed by atoms with Gasteiger partial charge in [0.05, 0.1) is 17.6 Å². The number of hydrogen-bond acceptors (Lipinski definition) is 8. The van der Waals surface area contributed by atoms with E-state index in [1.54, 1.807) is 36.4 Å². The Morgan fingerprint density at radius 3 is 2.57 bits per heavy atom. The molecule has 2 N–H and O–H groups in total. The molecule has 37 heavy (non-hydrogen) atoms. The number of carbonyl (C=O) groups excluding carboxylic acids is 1. The van der Waals surface area contributed by atoms with E-state index in [1.165, 1.54) is 12.3 Å². The number of benzene rings is 2. The van der Waals surface area contributed by atoms with Crippen LogP contribution in [0, 0.1) is 5.41 Å². The first-order valence-corrected chi connectivity index (χ1v) is 11.7. The van der Waals surface area contributed by atoms with Gasteiger partial charge in [0.25, 0.3) is 5.56 Å². The molecule has 2 heterocycles. The van der Waals surface area contributed by atoms with E-state index >= 15 is 0 Å². The van der Waals surface area contributed by atoms with Gasteiger partial charge in [-0.25, -0.2) is 4.68 Å². The van der Waals surface area contributed by atoms with Gasteiger partial charge in [-0.15, -0.1) is 5.10 Å². The van der Waals surface area contributed by atoms with Crippen LogP contribution < -0.4 is 10.3 Å². The molecule has 0 unspecified atom stereocenters. The van der Waals surface area contributed by atoms with Crippen LogP contribution in [0.2, 0.25) is 0 Å². The zero-order valence-corrected chi connectivity index (χ0v) is 20.0. The highest BCUT2D eigenvalue weighted by Gasteiger charge is 2.48. The lowest BCUT2D eigenvalue weighted by molar-refractivity contribution is -0.165. The summed E-state index contributed by atoms with van der Waals surface area (Å²) in [6, 6.07) is 11.4. The van der Waals surface area contributed by atoms with Gasteiger partial charge in [-0.3, -0.25) is 19.2 Å². The van der Waals surface area contributed by atoms with E-state index in [-0.39, 0.29) is 17.5 Å². The third-order valence-electron chi connectivity index (χ3n) is 6.27. The fourth-order valence-corrected chi connectivity index (χ4v) is 4.03. The molecule has 0 radical (unpaired) electrons. The number of carbonyl (C=O) groups is 3. The molecule has 0 fully saturated rings. The molecule has 0 saturated carbocycles. The van der Waals surface area contributed by atoms with Gasteiger partial charge < -0.3 is 19.4 Å². The molecular formula is C26H25N3O8. The van der Waals surface area contributed by atoms with Gasteiger partial charge in [0.2, 0.25) is 0 Å². The number of carboxylic acid groups (broad SMARTS) is 2. The first-order valence-electron chi connectivity index (χ1n) is 11.7. The smallest absolute Gasteiger partial charge is 0.321 e. The minimum absolute atomic E-state index is 0.0599. The molecule has 0 atom stereocenters. The third kappa shape index (κ3) is 5.06. The van der Waals surface area contributed by atoms with Crippen LogP contribution in [0.1, 0.15) is 43.0 Å². The van der Waals surface area contributed by atoms with Gasteiger partial charge in [0.15, 0.2) is 11.2 Å². The van der Waals surface area contributed by atoms with Gasteiger partial charge in [0.1, 0.15) is 23.1 Å². The van der Waals surface area contributed by atoms with Gasteiger partial charge in [-0.05, 0) is 37.1 Å². The minimum Gasteiger partial charge on any atom is -0.493 e. The zero-order valence-electron chi connectivity index (χ0n) is 20.0. The normalized spacial score (nSPS) is 11.6. The topological polar surface area (TPSA) is 162 Å². The van der Waals surface area contributed by atoms with Crippen molar-refractivity contribution in [2.45, 2.75) is 39.2 Å². The average molecular weight is 507 g/mol. The van der Waals surface area contributed by atoms with E-state index in [2.05, 4.69) is 10.3 Å². The number of hydrogen-bond donors (Lipinski definition) is 2. The van der Waals surface area contributed by atoms with Crippen LogP contribution in [0.3, 0.4) is 0 Å². The van der Waals surface area contributed by atoms with Crippen LogP contribution >= 0.6 is 0 Å². The van der Waals surface area contributed by atoms with E-state index in [9.17, 15) is 29.4 Å². The maximum atomic E-state index is 13.2. The van der Waals surface area contributed by atoms with E-state index in [4.69, 9.17) is 9.15 Å². The van der Waals surface area contributed by atoms with Crippen LogP contribution in [0.5, 0.6) is 5.75 Å². The van der Waals surface area contributed by atoms with Crippen molar-refractivity contribution < 1.29 is 33.8 Å². The van der Waals surface area contributed by atoms with Gasteiger partial charge in [0, 0.05) is 24.4 Å².